The van der Waals surface area contributed by atoms with E-state index in [0.717, 1.165) is 12.1 Å². The number of hydrogen-bond donors (Lipinski definition) is 4. The van der Waals surface area contributed by atoms with Crippen LogP contribution in [0.15, 0.2) is 104 Å². The quantitative estimate of drug-likeness (QED) is 0.0122. The molecule has 2 aliphatic heterocycles. The maximum Gasteiger partial charge on any atom is 0.309 e. The molecule has 0 spiro atoms. The van der Waals surface area contributed by atoms with Crippen molar-refractivity contribution in [3.05, 3.63) is 95.7 Å². The Morgan fingerprint density at radius 2 is 1.13 bits per heavy atom. The molecule has 1 aliphatic carbocycles. The average molecular weight is 1370 g/mol. The third-order valence-electron chi connectivity index (χ3n) is 15.3. The Morgan fingerprint density at radius 3 is 1.65 bits per heavy atom. The number of esters is 1. The van der Waals surface area contributed by atoms with Crippen LogP contribution in [0.25, 0.3) is 21.5 Å². The topological polar surface area (TPSA) is 406 Å². The minimum Gasteiger partial charge on any atom is -0.744 e. The van der Waals surface area contributed by atoms with E-state index in [1.165, 1.54) is 19.2 Å². The van der Waals surface area contributed by atoms with E-state index < -0.39 is 110 Å². The molecule has 2 heterocycles. The van der Waals surface area contributed by atoms with Crippen molar-refractivity contribution >= 4 is 107 Å². The number of methoxy groups -OCH3 is 1. The van der Waals surface area contributed by atoms with Gasteiger partial charge in [-0.2, -0.15) is 38.2 Å². The van der Waals surface area contributed by atoms with Crippen LogP contribution in [-0.4, -0.2) is 211 Å². The number of carbonyl (C=O) groups excluding carboxylic acids is 3. The molecule has 7 rings (SSSR count). The third kappa shape index (κ3) is 18.3. The lowest BCUT2D eigenvalue weighted by Crippen LogP contribution is -2.31. The molecular formula is C58H72N2O26S5. The van der Waals surface area contributed by atoms with Gasteiger partial charge in [-0.25, -0.2) is 8.42 Å². The van der Waals surface area contributed by atoms with E-state index >= 15 is 0 Å². The lowest BCUT2D eigenvalue weighted by Gasteiger charge is -2.30. The van der Waals surface area contributed by atoms with E-state index in [1.807, 2.05) is 4.58 Å². The largest absolute Gasteiger partial charge is 0.744 e. The molecule has 4 N–H and O–H groups in total. The summed E-state index contributed by atoms with van der Waals surface area (Å²) in [6.45, 7) is 8.24. The summed E-state index contributed by atoms with van der Waals surface area (Å²) in [6, 6.07) is 9.22. The Hall–Kier alpha value is -5.83. The van der Waals surface area contributed by atoms with Gasteiger partial charge in [-0.1, -0.05) is 24.3 Å². The second-order valence-corrected chi connectivity index (χ2v) is 29.0. The number of carbonyl (C=O) groups is 3. The molecule has 0 aromatic heterocycles. The fraction of sp³-hybridized carbons (Fsp3) is 0.483. The average Bonchev–Trinajstić information content (AvgIpc) is 1.65. The summed E-state index contributed by atoms with van der Waals surface area (Å²) < 4.78 is 224. The van der Waals surface area contributed by atoms with Crippen LogP contribution in [0.2, 0.25) is 0 Å². The molecule has 91 heavy (non-hydrogen) atoms. The number of benzene rings is 4. The third-order valence-corrected chi connectivity index (χ3v) is 19.6. The highest BCUT2D eigenvalue weighted by Crippen LogP contribution is 2.54. The SMILES string of the molecule is COCCN1C(=CC=CC=CC2=[N+](CCOCCOCCOCCOCCOCCOCCC(=O)OC3C(=O)CCC3=O)c3ccc4c(S(=O)(=O)[O-])cc(S(=O)(=O)O)cc4c3C2(C)C)C(C)(CCCS(=O)(=O)O)c2c1ccc1c(S(=O)(=O)O)cc(S(=O)(=O)O)cc21. The predicted molar refractivity (Wildman–Crippen MR) is 325 cm³/mol. The molecule has 1 atom stereocenters. The number of Topliss-reactive ketones (excluding diaryl/α,β-unsaturated/α-hetero) is 2. The van der Waals surface area contributed by atoms with Gasteiger partial charge < -0.3 is 47.3 Å². The van der Waals surface area contributed by atoms with Crippen molar-refractivity contribution in [1.82, 2.24) is 0 Å². The van der Waals surface area contributed by atoms with Crippen molar-refractivity contribution in [1.29, 1.82) is 0 Å². The van der Waals surface area contributed by atoms with Gasteiger partial charge in [-0.3, -0.25) is 32.6 Å². The number of nitrogens with zero attached hydrogens (tertiary/aromatic N) is 2. The smallest absolute Gasteiger partial charge is 0.309 e. The molecular weight excluding hydrogens is 1300 g/mol. The summed E-state index contributed by atoms with van der Waals surface area (Å²) in [4.78, 5) is 33.6. The second kappa shape index (κ2) is 30.5. The lowest BCUT2D eigenvalue weighted by molar-refractivity contribution is -0.442. The lowest BCUT2D eigenvalue weighted by atomic mass is 9.75. The van der Waals surface area contributed by atoms with Gasteiger partial charge in [0.2, 0.25) is 11.8 Å². The van der Waals surface area contributed by atoms with Gasteiger partial charge in [0.25, 0.3) is 40.5 Å². The molecule has 28 nitrogen and oxygen atoms in total. The molecule has 4 aromatic rings. The molecule has 0 radical (unpaired) electrons. The number of ether oxygens (including phenoxy) is 8. The summed E-state index contributed by atoms with van der Waals surface area (Å²) in [6.07, 6.45) is 6.89. The first-order valence-corrected chi connectivity index (χ1v) is 35.8. The summed E-state index contributed by atoms with van der Waals surface area (Å²) in [7, 11) is -23.6. The van der Waals surface area contributed by atoms with Crippen LogP contribution < -0.4 is 4.90 Å². The molecule has 1 fully saturated rings. The van der Waals surface area contributed by atoms with E-state index in [0.29, 0.717) is 46.0 Å². The van der Waals surface area contributed by atoms with Crippen LogP contribution in [0.1, 0.15) is 64.0 Å². The molecule has 4 aromatic carbocycles. The number of anilines is 1. The van der Waals surface area contributed by atoms with Gasteiger partial charge >= 0.3 is 5.97 Å². The maximum absolute atomic E-state index is 12.8. The normalized spacial score (nSPS) is 17.9. The zero-order chi connectivity index (χ0) is 66.7. The van der Waals surface area contributed by atoms with Crippen molar-refractivity contribution in [2.24, 2.45) is 0 Å². The zero-order valence-electron chi connectivity index (χ0n) is 50.1. The fourth-order valence-electron chi connectivity index (χ4n) is 11.3. The van der Waals surface area contributed by atoms with Crippen molar-refractivity contribution in [2.45, 2.75) is 89.4 Å². The van der Waals surface area contributed by atoms with Crippen molar-refractivity contribution < 1.29 is 122 Å². The number of ketones is 2. The summed E-state index contributed by atoms with van der Waals surface area (Å²) in [5.41, 5.74) is 0.255. The molecule has 0 bridgehead atoms. The Morgan fingerprint density at radius 1 is 0.626 bits per heavy atom. The first-order valence-electron chi connectivity index (χ1n) is 28.4. The van der Waals surface area contributed by atoms with E-state index in [2.05, 4.69) is 0 Å². The highest BCUT2D eigenvalue weighted by atomic mass is 32.2. The van der Waals surface area contributed by atoms with Gasteiger partial charge in [-0.15, -0.1) is 0 Å². The predicted octanol–water partition coefficient (Wildman–Crippen LogP) is 4.44. The first-order chi connectivity index (χ1) is 42.7. The monoisotopic (exact) mass is 1370 g/mol. The van der Waals surface area contributed by atoms with Crippen molar-refractivity contribution in [3.63, 3.8) is 0 Å². The van der Waals surface area contributed by atoms with E-state index in [-0.39, 0.29) is 153 Å². The van der Waals surface area contributed by atoms with Crippen LogP contribution in [-0.2, 0) is 114 Å². The highest BCUT2D eigenvalue weighted by Gasteiger charge is 2.47. The maximum atomic E-state index is 12.8. The highest BCUT2D eigenvalue weighted by molar-refractivity contribution is 7.87. The Labute approximate surface area is 527 Å². The van der Waals surface area contributed by atoms with Crippen LogP contribution in [0.4, 0.5) is 11.4 Å². The molecule has 3 aliphatic rings. The van der Waals surface area contributed by atoms with Crippen molar-refractivity contribution in [2.75, 3.05) is 117 Å². The summed E-state index contributed by atoms with van der Waals surface area (Å²) >= 11 is 0. The molecule has 500 valence electrons. The number of fused-ring (bicyclic) bond motifs is 6. The first kappa shape index (κ1) is 72.6. The minimum atomic E-state index is -5.31. The van der Waals surface area contributed by atoms with E-state index in [4.69, 9.17) is 37.9 Å². The Balaban J connectivity index is 1.04. The van der Waals surface area contributed by atoms with Gasteiger partial charge in [-0.05, 0) is 92.4 Å². The van der Waals surface area contributed by atoms with Crippen LogP contribution in [0.5, 0.6) is 0 Å². The fourth-order valence-corrected chi connectivity index (χ4v) is 14.4. The van der Waals surface area contributed by atoms with Crippen molar-refractivity contribution in [3.8, 4) is 0 Å². The van der Waals surface area contributed by atoms with Crippen LogP contribution in [0.3, 0.4) is 0 Å². The molecule has 1 unspecified atom stereocenters. The van der Waals surface area contributed by atoms with Gasteiger partial charge in [0.1, 0.15) is 21.6 Å². The zero-order valence-corrected chi connectivity index (χ0v) is 54.2. The second-order valence-electron chi connectivity index (χ2n) is 21.9. The van der Waals surface area contributed by atoms with E-state index in [9.17, 15) is 79.2 Å². The molecule has 33 heteroatoms. The van der Waals surface area contributed by atoms with Crippen LogP contribution >= 0.6 is 0 Å². The standard InChI is InChI=1S/C58H72N2O26S5/c1-57(2)51(9-6-5-7-10-52-58(3,18-8-34-87(64,65)66)55-44-36-40(89(70,71)72)38-50(91(76,77)78)42(44)12-14-46(55)60(52)19-22-79-4)59(45-13-11-41-43(54(45)57)35-39(88(67,68)69)37-49(41)90(73,74)75)20-23-81-25-27-83-29-31-85-33-32-84-30-28-82-26-24-80-21-17-53(63)86-56-47(61)15-16-48(56)62/h5-7,9-14,35-38,56H,8,15-34H2,1-4H3,(H4-,64,65,66,67,68,69,70,71,72,73,74,75,76,77,78). The van der Waals surface area contributed by atoms with Gasteiger partial charge in [0, 0.05) is 71.8 Å². The molecule has 1 saturated carbocycles. The van der Waals surface area contributed by atoms with Gasteiger partial charge in [0.15, 0.2) is 23.8 Å². The van der Waals surface area contributed by atoms with E-state index in [1.54, 1.807) is 68.2 Å². The molecule has 0 saturated heterocycles. The number of allylic oxidation sites excluding steroid dienone is 6. The Kier molecular flexibility index (Phi) is 24.3. The minimum absolute atomic E-state index is 0.0127. The summed E-state index contributed by atoms with van der Waals surface area (Å²) in [5.74, 6) is -2.17. The Bertz CT molecular complexity index is 4110. The number of rotatable bonds is 36. The van der Waals surface area contributed by atoms with Crippen LogP contribution in [0, 0.1) is 0 Å². The van der Waals surface area contributed by atoms with Gasteiger partial charge in [0.05, 0.1) is 112 Å². The summed E-state index contributed by atoms with van der Waals surface area (Å²) in [5, 5.41) is -0.167. The number of hydrogen-bond acceptors (Lipinski definition) is 23. The molecule has 0 amide bonds.